The zero-order valence-electron chi connectivity index (χ0n) is 14.7. The summed E-state index contributed by atoms with van der Waals surface area (Å²) in [5.41, 5.74) is -0.0794. The van der Waals surface area contributed by atoms with Gasteiger partial charge in [0.2, 0.25) is 0 Å². The van der Waals surface area contributed by atoms with Crippen LogP contribution in [0.1, 0.15) is 15.9 Å². The summed E-state index contributed by atoms with van der Waals surface area (Å²) in [6, 6.07) is 19.5. The number of hydrogen-bond acceptors (Lipinski definition) is 4. The molecule has 8 heteroatoms. The minimum Gasteiger partial charge on any atom is -0.321 e. The molecule has 3 nitrogen and oxygen atoms in total. The van der Waals surface area contributed by atoms with Crippen LogP contribution in [0.2, 0.25) is 0 Å². The van der Waals surface area contributed by atoms with Crippen molar-refractivity contribution in [3.05, 3.63) is 83.9 Å². The molecule has 0 unspecified atom stereocenters. The minimum absolute atomic E-state index is 0.278. The highest BCUT2D eigenvalue weighted by Crippen LogP contribution is 2.40. The van der Waals surface area contributed by atoms with Crippen molar-refractivity contribution in [3.63, 3.8) is 0 Å². The average molecular weight is 430 g/mol. The van der Waals surface area contributed by atoms with E-state index in [4.69, 9.17) is 0 Å². The molecule has 0 aliphatic rings. The van der Waals surface area contributed by atoms with Crippen molar-refractivity contribution >= 4 is 44.9 Å². The van der Waals surface area contributed by atoms with Crippen molar-refractivity contribution in [3.8, 4) is 0 Å². The summed E-state index contributed by atoms with van der Waals surface area (Å²) in [6.45, 7) is 0. The maximum Gasteiger partial charge on any atom is 0.418 e. The molecular weight excluding hydrogens is 417 g/mol. The highest BCUT2D eigenvalue weighted by atomic mass is 32.2. The molecule has 0 atom stereocenters. The number of nitrogens with one attached hydrogen (secondary N) is 1. The van der Waals surface area contributed by atoms with Crippen LogP contribution >= 0.6 is 23.1 Å². The number of fused-ring (bicyclic) bond motifs is 1. The number of nitrogens with zero attached hydrogens (tertiary/aromatic N) is 1. The lowest BCUT2D eigenvalue weighted by atomic mass is 10.1. The first-order chi connectivity index (χ1) is 13.9. The van der Waals surface area contributed by atoms with Gasteiger partial charge in [0.05, 0.1) is 21.5 Å². The molecule has 3 aromatic carbocycles. The fraction of sp³-hybridized carbons (Fsp3) is 0.0476. The molecule has 0 spiro atoms. The Morgan fingerprint density at radius 3 is 2.41 bits per heavy atom. The van der Waals surface area contributed by atoms with E-state index in [1.54, 1.807) is 36.4 Å². The first kappa shape index (κ1) is 19.5. The summed E-state index contributed by atoms with van der Waals surface area (Å²) in [4.78, 5) is 17.1. The number of alkyl halides is 3. The molecule has 0 fully saturated rings. The number of carbonyl (C=O) groups is 1. The van der Waals surface area contributed by atoms with E-state index < -0.39 is 17.6 Å². The Labute approximate surface area is 172 Å². The van der Waals surface area contributed by atoms with Gasteiger partial charge in [-0.25, -0.2) is 4.98 Å². The number of thiazole rings is 1. The number of aromatic nitrogens is 1. The molecule has 1 heterocycles. The van der Waals surface area contributed by atoms with Crippen LogP contribution in [0.3, 0.4) is 0 Å². The van der Waals surface area contributed by atoms with Crippen LogP contribution in [-0.4, -0.2) is 10.9 Å². The summed E-state index contributed by atoms with van der Waals surface area (Å²) in [7, 11) is 0. The lowest BCUT2D eigenvalue weighted by molar-refractivity contribution is -0.137. The van der Waals surface area contributed by atoms with E-state index >= 15 is 0 Å². The normalized spacial score (nSPS) is 11.6. The largest absolute Gasteiger partial charge is 0.418 e. The first-order valence-electron chi connectivity index (χ1n) is 8.51. The van der Waals surface area contributed by atoms with Crippen LogP contribution in [0.25, 0.3) is 10.2 Å². The predicted molar refractivity (Wildman–Crippen MR) is 110 cm³/mol. The predicted octanol–water partition coefficient (Wildman–Crippen LogP) is 6.72. The number of para-hydroxylation sites is 1. The van der Waals surface area contributed by atoms with Crippen LogP contribution in [0.4, 0.5) is 18.9 Å². The van der Waals surface area contributed by atoms with Crippen molar-refractivity contribution in [2.45, 2.75) is 15.4 Å². The van der Waals surface area contributed by atoms with E-state index in [2.05, 4.69) is 10.3 Å². The van der Waals surface area contributed by atoms with Crippen LogP contribution in [-0.2, 0) is 6.18 Å². The lowest BCUT2D eigenvalue weighted by Crippen LogP contribution is -2.16. The number of benzene rings is 3. The summed E-state index contributed by atoms with van der Waals surface area (Å²) < 4.78 is 42.5. The zero-order chi connectivity index (χ0) is 20.4. The second-order valence-corrected chi connectivity index (χ2v) is 8.43. The van der Waals surface area contributed by atoms with Gasteiger partial charge in [0.1, 0.15) is 0 Å². The Hall–Kier alpha value is -2.84. The molecule has 4 rings (SSSR count). The van der Waals surface area contributed by atoms with Gasteiger partial charge in [-0.15, -0.1) is 11.3 Å². The molecule has 1 aromatic heterocycles. The number of halogens is 3. The van der Waals surface area contributed by atoms with E-state index in [1.807, 2.05) is 24.3 Å². The van der Waals surface area contributed by atoms with E-state index in [0.717, 1.165) is 28.0 Å². The van der Waals surface area contributed by atoms with Gasteiger partial charge in [0, 0.05) is 10.5 Å². The standard InChI is InChI=1S/C21H13F3N2OS2/c22-21(23,24)15-12-14(28-20-26-17-8-4-5-9-18(17)29-20)10-11-16(15)25-19(27)13-6-2-1-3-7-13/h1-12H,(H,25,27). The Bertz CT molecular complexity index is 1140. The number of carbonyl (C=O) groups excluding carboxylic acids is 1. The zero-order valence-corrected chi connectivity index (χ0v) is 16.4. The molecule has 146 valence electrons. The smallest absolute Gasteiger partial charge is 0.321 e. The van der Waals surface area contributed by atoms with E-state index in [-0.39, 0.29) is 11.3 Å². The topological polar surface area (TPSA) is 42.0 Å². The SMILES string of the molecule is O=C(Nc1ccc(Sc2nc3ccccc3s2)cc1C(F)(F)F)c1ccccc1. The van der Waals surface area contributed by atoms with Gasteiger partial charge in [0.15, 0.2) is 4.34 Å². The Kier molecular flexibility index (Phi) is 5.29. The van der Waals surface area contributed by atoms with Crippen LogP contribution in [0, 0.1) is 0 Å². The molecule has 0 saturated carbocycles. The third-order valence-corrected chi connectivity index (χ3v) is 6.15. The van der Waals surface area contributed by atoms with Crippen LogP contribution < -0.4 is 5.32 Å². The van der Waals surface area contributed by atoms with Crippen molar-refractivity contribution in [1.29, 1.82) is 0 Å². The van der Waals surface area contributed by atoms with Gasteiger partial charge in [-0.05, 0) is 42.5 Å². The van der Waals surface area contributed by atoms with Crippen molar-refractivity contribution < 1.29 is 18.0 Å². The number of rotatable bonds is 4. The van der Waals surface area contributed by atoms with Gasteiger partial charge >= 0.3 is 6.18 Å². The van der Waals surface area contributed by atoms with Crippen LogP contribution in [0.5, 0.6) is 0 Å². The van der Waals surface area contributed by atoms with E-state index in [9.17, 15) is 18.0 Å². The summed E-state index contributed by atoms with van der Waals surface area (Å²) in [5.74, 6) is -0.595. The second kappa shape index (κ2) is 7.88. The minimum atomic E-state index is -4.61. The molecule has 0 saturated heterocycles. The fourth-order valence-corrected chi connectivity index (χ4v) is 4.79. The number of amides is 1. The fourth-order valence-electron chi connectivity index (χ4n) is 2.71. The molecule has 0 bridgehead atoms. The monoisotopic (exact) mass is 430 g/mol. The van der Waals surface area contributed by atoms with Gasteiger partial charge < -0.3 is 5.32 Å². The van der Waals surface area contributed by atoms with Crippen molar-refractivity contribution in [2.75, 3.05) is 5.32 Å². The molecule has 0 radical (unpaired) electrons. The number of hydrogen-bond donors (Lipinski definition) is 1. The third kappa shape index (κ3) is 4.44. The quantitative estimate of drug-likeness (QED) is 0.391. The molecule has 4 aromatic rings. The summed E-state index contributed by atoms with van der Waals surface area (Å²) in [6.07, 6.45) is -4.61. The number of anilines is 1. The second-order valence-electron chi connectivity index (χ2n) is 6.07. The molecule has 0 aliphatic carbocycles. The first-order valence-corrected chi connectivity index (χ1v) is 10.1. The van der Waals surface area contributed by atoms with Gasteiger partial charge in [-0.1, -0.05) is 42.1 Å². The van der Waals surface area contributed by atoms with Gasteiger partial charge in [-0.2, -0.15) is 13.2 Å². The third-order valence-electron chi connectivity index (χ3n) is 4.06. The Balaban J connectivity index is 1.63. The van der Waals surface area contributed by atoms with Gasteiger partial charge in [-0.3, -0.25) is 4.79 Å². The Morgan fingerprint density at radius 1 is 0.966 bits per heavy atom. The molecule has 1 amide bonds. The van der Waals surface area contributed by atoms with Crippen LogP contribution in [0.15, 0.2) is 82.0 Å². The highest BCUT2D eigenvalue weighted by molar-refractivity contribution is 8.01. The molecule has 29 heavy (non-hydrogen) atoms. The van der Waals surface area contributed by atoms with E-state index in [0.29, 0.717) is 9.24 Å². The van der Waals surface area contributed by atoms with Crippen molar-refractivity contribution in [2.24, 2.45) is 0 Å². The molecule has 1 N–H and O–H groups in total. The van der Waals surface area contributed by atoms with Crippen molar-refractivity contribution in [1.82, 2.24) is 4.98 Å². The van der Waals surface area contributed by atoms with E-state index in [1.165, 1.54) is 17.4 Å². The lowest BCUT2D eigenvalue weighted by Gasteiger charge is -2.15. The molecular formula is C21H13F3N2OS2. The molecule has 0 aliphatic heterocycles. The summed E-state index contributed by atoms with van der Waals surface area (Å²) in [5, 5.41) is 2.36. The maximum absolute atomic E-state index is 13.6. The summed E-state index contributed by atoms with van der Waals surface area (Å²) >= 11 is 2.58. The average Bonchev–Trinajstić information content (AvgIpc) is 3.11. The Morgan fingerprint density at radius 2 is 1.69 bits per heavy atom. The maximum atomic E-state index is 13.6. The highest BCUT2D eigenvalue weighted by Gasteiger charge is 2.34. The van der Waals surface area contributed by atoms with Gasteiger partial charge in [0.25, 0.3) is 5.91 Å².